The summed E-state index contributed by atoms with van der Waals surface area (Å²) in [6.45, 7) is 5.98. The van der Waals surface area contributed by atoms with E-state index in [9.17, 15) is 9.18 Å². The molecule has 3 nitrogen and oxygen atoms in total. The largest absolute Gasteiger partial charge is 0.491 e. The monoisotopic (exact) mass is 271 g/mol. The van der Waals surface area contributed by atoms with Crippen molar-refractivity contribution in [1.29, 1.82) is 0 Å². The Kier molecular flexibility index (Phi) is 5.47. The third-order valence-corrected chi connectivity index (χ3v) is 3.23. The molecule has 0 aromatic heterocycles. The molecule has 0 saturated heterocycles. The lowest BCUT2D eigenvalue weighted by molar-refractivity contribution is -0.116. The van der Waals surface area contributed by atoms with Gasteiger partial charge in [0, 0.05) is 11.8 Å². The van der Waals surface area contributed by atoms with Gasteiger partial charge in [-0.15, -0.1) is 0 Å². The lowest BCUT2D eigenvalue weighted by atomic mass is 10.1. The number of amides is 1. The van der Waals surface area contributed by atoms with Crippen LogP contribution in [0.4, 0.5) is 10.1 Å². The first-order chi connectivity index (χ1) is 8.45. The van der Waals surface area contributed by atoms with Crippen LogP contribution in [-0.4, -0.2) is 17.8 Å². The third-order valence-electron chi connectivity index (χ3n) is 2.40. The predicted molar refractivity (Wildman–Crippen MR) is 73.8 cm³/mol. The molecule has 1 amide bonds. The Balaban J connectivity index is 2.74. The Bertz CT molecular complexity index is 423. The maximum Gasteiger partial charge on any atom is 0.237 e. The standard InChI is InChI=1S/C13H18FNO2S/c1-4-17-11-6-5-9(7-10(11)14)15-13(16)12(18)8(2)3/h5-8,12,18H,4H2,1-3H3,(H,15,16). The highest BCUT2D eigenvalue weighted by Gasteiger charge is 2.18. The summed E-state index contributed by atoms with van der Waals surface area (Å²) in [5.74, 6) is -0.436. The van der Waals surface area contributed by atoms with Gasteiger partial charge in [0.2, 0.25) is 5.91 Å². The number of thiol groups is 1. The molecule has 18 heavy (non-hydrogen) atoms. The van der Waals surface area contributed by atoms with Crippen molar-refractivity contribution in [3.05, 3.63) is 24.0 Å². The highest BCUT2D eigenvalue weighted by atomic mass is 32.1. The smallest absolute Gasteiger partial charge is 0.237 e. The van der Waals surface area contributed by atoms with Gasteiger partial charge in [0.1, 0.15) is 0 Å². The third kappa shape index (κ3) is 3.91. The topological polar surface area (TPSA) is 38.3 Å². The number of hydrogen-bond acceptors (Lipinski definition) is 3. The first-order valence-electron chi connectivity index (χ1n) is 5.87. The molecule has 0 aliphatic carbocycles. The van der Waals surface area contributed by atoms with Gasteiger partial charge in [-0.25, -0.2) is 4.39 Å². The van der Waals surface area contributed by atoms with Gasteiger partial charge in [-0.3, -0.25) is 4.79 Å². The fourth-order valence-corrected chi connectivity index (χ4v) is 1.43. The van der Waals surface area contributed by atoms with E-state index in [1.54, 1.807) is 13.0 Å². The summed E-state index contributed by atoms with van der Waals surface area (Å²) in [6, 6.07) is 4.34. The van der Waals surface area contributed by atoms with E-state index < -0.39 is 11.1 Å². The van der Waals surface area contributed by atoms with Crippen LogP contribution in [-0.2, 0) is 4.79 Å². The molecule has 0 heterocycles. The second-order valence-electron chi connectivity index (χ2n) is 4.26. The van der Waals surface area contributed by atoms with Crippen LogP contribution < -0.4 is 10.1 Å². The van der Waals surface area contributed by atoms with Gasteiger partial charge in [0.25, 0.3) is 0 Å². The van der Waals surface area contributed by atoms with Crippen LogP contribution in [0.15, 0.2) is 18.2 Å². The number of halogens is 1. The van der Waals surface area contributed by atoms with Gasteiger partial charge in [-0.2, -0.15) is 12.6 Å². The molecule has 1 aromatic rings. The molecular weight excluding hydrogens is 253 g/mol. The minimum atomic E-state index is -0.491. The molecule has 1 aromatic carbocycles. The van der Waals surface area contributed by atoms with E-state index in [1.165, 1.54) is 12.1 Å². The van der Waals surface area contributed by atoms with Crippen LogP contribution in [0.2, 0.25) is 0 Å². The average Bonchev–Trinajstić information content (AvgIpc) is 2.31. The molecule has 5 heteroatoms. The van der Waals surface area contributed by atoms with Crippen molar-refractivity contribution in [3.63, 3.8) is 0 Å². The number of rotatable bonds is 5. The summed E-state index contributed by atoms with van der Waals surface area (Å²) in [5, 5.41) is 2.21. The zero-order valence-corrected chi connectivity index (χ0v) is 11.6. The summed E-state index contributed by atoms with van der Waals surface area (Å²) in [6.07, 6.45) is 0. The Hall–Kier alpha value is -1.23. The van der Waals surface area contributed by atoms with E-state index >= 15 is 0 Å². The zero-order valence-electron chi connectivity index (χ0n) is 10.7. The van der Waals surface area contributed by atoms with Crippen molar-refractivity contribution in [1.82, 2.24) is 0 Å². The van der Waals surface area contributed by atoms with E-state index in [-0.39, 0.29) is 17.6 Å². The lowest BCUT2D eigenvalue weighted by Crippen LogP contribution is -2.27. The Morgan fingerprint density at radius 3 is 2.67 bits per heavy atom. The molecule has 0 aliphatic rings. The summed E-state index contributed by atoms with van der Waals surface area (Å²) < 4.78 is 18.6. The first-order valence-corrected chi connectivity index (χ1v) is 6.38. The summed E-state index contributed by atoms with van der Waals surface area (Å²) >= 11 is 4.20. The van der Waals surface area contributed by atoms with Crippen LogP contribution >= 0.6 is 12.6 Å². The minimum Gasteiger partial charge on any atom is -0.491 e. The number of nitrogens with one attached hydrogen (secondary N) is 1. The van der Waals surface area contributed by atoms with Crippen molar-refractivity contribution in [2.24, 2.45) is 5.92 Å². The van der Waals surface area contributed by atoms with Crippen LogP contribution in [0.1, 0.15) is 20.8 Å². The fraction of sp³-hybridized carbons (Fsp3) is 0.462. The molecule has 0 fully saturated rings. The second-order valence-corrected chi connectivity index (χ2v) is 4.81. The fourth-order valence-electron chi connectivity index (χ4n) is 1.37. The quantitative estimate of drug-likeness (QED) is 0.808. The van der Waals surface area contributed by atoms with Crippen molar-refractivity contribution in [2.45, 2.75) is 26.0 Å². The number of hydrogen-bond donors (Lipinski definition) is 2. The lowest BCUT2D eigenvalue weighted by Gasteiger charge is -2.15. The van der Waals surface area contributed by atoms with Crippen molar-refractivity contribution < 1.29 is 13.9 Å². The summed E-state index contributed by atoms with van der Waals surface area (Å²) in [7, 11) is 0. The van der Waals surface area contributed by atoms with E-state index in [4.69, 9.17) is 4.74 Å². The van der Waals surface area contributed by atoms with Gasteiger partial charge in [0.05, 0.1) is 11.9 Å². The average molecular weight is 271 g/mol. The van der Waals surface area contributed by atoms with Crippen LogP contribution in [0.5, 0.6) is 5.75 Å². The first kappa shape index (κ1) is 14.8. The van der Waals surface area contributed by atoms with Gasteiger partial charge < -0.3 is 10.1 Å². The predicted octanol–water partition coefficient (Wildman–Crippen LogP) is 3.12. The van der Waals surface area contributed by atoms with E-state index in [2.05, 4.69) is 17.9 Å². The van der Waals surface area contributed by atoms with Gasteiger partial charge in [0.15, 0.2) is 11.6 Å². The Morgan fingerprint density at radius 2 is 2.17 bits per heavy atom. The van der Waals surface area contributed by atoms with Gasteiger partial charge in [-0.1, -0.05) is 13.8 Å². The highest BCUT2D eigenvalue weighted by Crippen LogP contribution is 2.22. The maximum absolute atomic E-state index is 13.6. The van der Waals surface area contributed by atoms with Crippen molar-refractivity contribution in [3.8, 4) is 5.75 Å². The number of ether oxygens (including phenoxy) is 1. The van der Waals surface area contributed by atoms with E-state index in [0.29, 0.717) is 12.3 Å². The SMILES string of the molecule is CCOc1ccc(NC(=O)C(S)C(C)C)cc1F. The molecule has 0 saturated carbocycles. The number of carbonyl (C=O) groups is 1. The summed E-state index contributed by atoms with van der Waals surface area (Å²) in [4.78, 5) is 11.7. The molecule has 1 N–H and O–H groups in total. The van der Waals surface area contributed by atoms with E-state index in [0.717, 1.165) is 0 Å². The molecular formula is C13H18FNO2S. The molecule has 0 aliphatic heterocycles. The maximum atomic E-state index is 13.6. The molecule has 0 radical (unpaired) electrons. The normalized spacial score (nSPS) is 12.3. The van der Waals surface area contributed by atoms with Crippen LogP contribution in [0.3, 0.4) is 0 Å². The number of anilines is 1. The van der Waals surface area contributed by atoms with Gasteiger partial charge >= 0.3 is 0 Å². The Labute approximate surface area is 112 Å². The molecule has 100 valence electrons. The molecule has 1 unspecified atom stereocenters. The number of benzene rings is 1. The molecule has 1 rings (SSSR count). The van der Waals surface area contributed by atoms with Crippen LogP contribution in [0, 0.1) is 11.7 Å². The molecule has 0 spiro atoms. The molecule has 0 bridgehead atoms. The zero-order chi connectivity index (χ0) is 13.7. The minimum absolute atomic E-state index is 0.112. The summed E-state index contributed by atoms with van der Waals surface area (Å²) in [5.41, 5.74) is 0.403. The molecule has 1 atom stereocenters. The van der Waals surface area contributed by atoms with E-state index in [1.807, 2.05) is 13.8 Å². The van der Waals surface area contributed by atoms with Crippen molar-refractivity contribution in [2.75, 3.05) is 11.9 Å². The Morgan fingerprint density at radius 1 is 1.50 bits per heavy atom. The van der Waals surface area contributed by atoms with Gasteiger partial charge in [-0.05, 0) is 25.0 Å². The number of carbonyl (C=O) groups excluding carboxylic acids is 1. The van der Waals surface area contributed by atoms with Crippen LogP contribution in [0.25, 0.3) is 0 Å². The highest BCUT2D eigenvalue weighted by molar-refractivity contribution is 7.81. The second kappa shape index (κ2) is 6.64. The van der Waals surface area contributed by atoms with Crippen molar-refractivity contribution >= 4 is 24.2 Å².